The lowest BCUT2D eigenvalue weighted by Gasteiger charge is -2.09. The summed E-state index contributed by atoms with van der Waals surface area (Å²) >= 11 is 0. The minimum atomic E-state index is 0.443. The van der Waals surface area contributed by atoms with Gasteiger partial charge in [-0.3, -0.25) is 0 Å². The minimum Gasteiger partial charge on any atom is -0.373 e. The highest BCUT2D eigenvalue weighted by Gasteiger charge is 2.41. The third-order valence-electron chi connectivity index (χ3n) is 2.57. The highest BCUT2D eigenvalue weighted by molar-refractivity contribution is 5.08. The van der Waals surface area contributed by atoms with E-state index < -0.39 is 0 Å². The highest BCUT2D eigenvalue weighted by atomic mass is 16.6. The quantitative estimate of drug-likeness (QED) is 0.564. The lowest BCUT2D eigenvalue weighted by molar-refractivity contribution is 0.342. The number of hydrogen-bond acceptors (Lipinski definition) is 3. The number of hydrogen-bond donors (Lipinski definition) is 0. The summed E-state index contributed by atoms with van der Waals surface area (Å²) < 4.78 is 15.7. The Kier molecular flexibility index (Phi) is 1.63. The number of ether oxygens (including phenoxy) is 3. The first-order valence-electron chi connectivity index (χ1n) is 4.61. The molecule has 3 nitrogen and oxygen atoms in total. The van der Waals surface area contributed by atoms with Gasteiger partial charge in [0.05, 0.1) is 38.1 Å². The van der Waals surface area contributed by atoms with Gasteiger partial charge in [-0.05, 0) is 12.8 Å². The average Bonchev–Trinajstić information content (AvgIpc) is 2.90. The highest BCUT2D eigenvalue weighted by Crippen LogP contribution is 2.36. The van der Waals surface area contributed by atoms with E-state index >= 15 is 0 Å². The smallest absolute Gasteiger partial charge is 0.0874 e. The number of rotatable bonds is 5. The van der Waals surface area contributed by atoms with Crippen LogP contribution in [0.5, 0.6) is 0 Å². The average molecular weight is 169 g/mol. The van der Waals surface area contributed by atoms with Gasteiger partial charge in [0.15, 0.2) is 0 Å². The normalized spacial score (nSPS) is 43.2. The fourth-order valence-electron chi connectivity index (χ4n) is 1.59. The van der Waals surface area contributed by atoms with Gasteiger partial charge in [-0.25, -0.2) is 0 Å². The summed E-state index contributed by atoms with van der Waals surface area (Å²) in [5.74, 6) is 1.51. The van der Waals surface area contributed by atoms with E-state index in [0.29, 0.717) is 18.3 Å². The second-order valence-corrected chi connectivity index (χ2v) is 3.80. The maximum absolute atomic E-state index is 5.28. The molecule has 3 atom stereocenters. The maximum Gasteiger partial charge on any atom is 0.0874 e. The molecule has 3 heterocycles. The summed E-state index contributed by atoms with van der Waals surface area (Å²) in [7, 11) is 0. The fourth-order valence-corrected chi connectivity index (χ4v) is 1.59. The zero-order chi connectivity index (χ0) is 7.97. The molecule has 3 heteroatoms. The van der Waals surface area contributed by atoms with Crippen LogP contribution in [0.15, 0.2) is 0 Å². The summed E-state index contributed by atoms with van der Waals surface area (Å²) in [5.41, 5.74) is 0. The summed E-state index contributed by atoms with van der Waals surface area (Å²) in [5, 5.41) is 0. The van der Waals surface area contributed by atoms with Crippen LogP contribution in [0.1, 0.15) is 12.8 Å². The maximum atomic E-state index is 5.28. The molecular weight excluding hydrogens is 156 g/mol. The van der Waals surface area contributed by atoms with E-state index in [1.165, 1.54) is 5.92 Å². The van der Waals surface area contributed by atoms with Gasteiger partial charge in [-0.15, -0.1) is 0 Å². The van der Waals surface area contributed by atoms with Crippen LogP contribution >= 0.6 is 0 Å². The Balaban J connectivity index is 1.50. The molecule has 0 amide bonds. The van der Waals surface area contributed by atoms with Gasteiger partial charge in [-0.1, -0.05) is 0 Å². The van der Waals surface area contributed by atoms with Crippen molar-refractivity contribution in [2.24, 2.45) is 0 Å². The lowest BCUT2D eigenvalue weighted by atomic mass is 9.95. The molecule has 0 aromatic carbocycles. The Morgan fingerprint density at radius 3 is 1.75 bits per heavy atom. The Hall–Kier alpha value is -0.120. The molecule has 0 aromatic rings. The Bertz CT molecular complexity index is 157. The number of epoxide rings is 3. The van der Waals surface area contributed by atoms with Gasteiger partial charge >= 0.3 is 0 Å². The van der Waals surface area contributed by atoms with Crippen LogP contribution in [-0.4, -0.2) is 38.1 Å². The second kappa shape index (κ2) is 2.69. The van der Waals surface area contributed by atoms with Gasteiger partial charge in [0.25, 0.3) is 0 Å². The first-order valence-corrected chi connectivity index (χ1v) is 4.61. The van der Waals surface area contributed by atoms with Crippen molar-refractivity contribution in [1.82, 2.24) is 0 Å². The van der Waals surface area contributed by atoms with E-state index in [9.17, 15) is 0 Å². The molecule has 3 saturated heterocycles. The van der Waals surface area contributed by atoms with Crippen molar-refractivity contribution in [2.75, 3.05) is 19.8 Å². The van der Waals surface area contributed by atoms with E-state index in [0.717, 1.165) is 32.7 Å². The molecule has 0 aromatic heterocycles. The van der Waals surface area contributed by atoms with Crippen LogP contribution in [0.4, 0.5) is 0 Å². The largest absolute Gasteiger partial charge is 0.373 e. The lowest BCUT2D eigenvalue weighted by Crippen LogP contribution is -2.11. The van der Waals surface area contributed by atoms with E-state index in [1.807, 2.05) is 0 Å². The minimum absolute atomic E-state index is 0.443. The predicted octanol–water partition coefficient (Wildman–Crippen LogP) is 0.537. The Morgan fingerprint density at radius 1 is 0.917 bits per heavy atom. The SMILES string of the molecule is C1OC1C[C](CC1CO1)C1CO1. The second-order valence-electron chi connectivity index (χ2n) is 3.80. The molecule has 0 N–H and O–H groups in total. The van der Waals surface area contributed by atoms with E-state index in [-0.39, 0.29) is 0 Å². The van der Waals surface area contributed by atoms with E-state index in [1.54, 1.807) is 0 Å². The first-order chi connectivity index (χ1) is 5.92. The molecule has 1 radical (unpaired) electrons. The zero-order valence-corrected chi connectivity index (χ0v) is 6.99. The predicted molar refractivity (Wildman–Crippen MR) is 41.7 cm³/mol. The van der Waals surface area contributed by atoms with Crippen LogP contribution in [0.25, 0.3) is 0 Å². The van der Waals surface area contributed by atoms with Gasteiger partial charge in [0.1, 0.15) is 0 Å². The Morgan fingerprint density at radius 2 is 1.42 bits per heavy atom. The summed E-state index contributed by atoms with van der Waals surface area (Å²) in [6.45, 7) is 2.82. The molecular formula is C9H13O3. The van der Waals surface area contributed by atoms with E-state index in [2.05, 4.69) is 0 Å². The first kappa shape index (κ1) is 7.30. The summed E-state index contributed by atoms with van der Waals surface area (Å²) in [6, 6.07) is 0. The molecule has 0 spiro atoms. The van der Waals surface area contributed by atoms with Crippen molar-refractivity contribution in [3.63, 3.8) is 0 Å². The molecule has 3 aliphatic heterocycles. The van der Waals surface area contributed by atoms with Gasteiger partial charge in [-0.2, -0.15) is 0 Å². The molecule has 0 aliphatic carbocycles. The molecule has 3 aliphatic rings. The van der Waals surface area contributed by atoms with Crippen LogP contribution in [0, 0.1) is 5.92 Å². The van der Waals surface area contributed by atoms with Gasteiger partial charge < -0.3 is 14.2 Å². The molecule has 3 rings (SSSR count). The summed E-state index contributed by atoms with van der Waals surface area (Å²) in [6.07, 6.45) is 3.65. The molecule has 0 bridgehead atoms. The van der Waals surface area contributed by atoms with Crippen LogP contribution in [-0.2, 0) is 14.2 Å². The standard InChI is InChI=1S/C9H13O3/c1(7-3-10-7)6(9-5-12-9)2-8-4-11-8/h7-9H,1-5H2. The topological polar surface area (TPSA) is 37.6 Å². The molecule has 12 heavy (non-hydrogen) atoms. The molecule has 67 valence electrons. The van der Waals surface area contributed by atoms with Gasteiger partial charge in [0, 0.05) is 5.92 Å². The van der Waals surface area contributed by atoms with Crippen molar-refractivity contribution in [1.29, 1.82) is 0 Å². The molecule has 3 unspecified atom stereocenters. The van der Waals surface area contributed by atoms with E-state index in [4.69, 9.17) is 14.2 Å². The molecule has 3 fully saturated rings. The van der Waals surface area contributed by atoms with Crippen molar-refractivity contribution >= 4 is 0 Å². The van der Waals surface area contributed by atoms with Crippen molar-refractivity contribution < 1.29 is 14.2 Å². The van der Waals surface area contributed by atoms with Crippen LogP contribution < -0.4 is 0 Å². The summed E-state index contributed by atoms with van der Waals surface area (Å²) in [4.78, 5) is 0. The third kappa shape index (κ3) is 1.79. The Labute approximate surface area is 72.0 Å². The van der Waals surface area contributed by atoms with Crippen LogP contribution in [0.2, 0.25) is 0 Å². The van der Waals surface area contributed by atoms with Crippen molar-refractivity contribution in [3.05, 3.63) is 5.92 Å². The fraction of sp³-hybridized carbons (Fsp3) is 0.889. The van der Waals surface area contributed by atoms with Crippen LogP contribution in [0.3, 0.4) is 0 Å². The zero-order valence-electron chi connectivity index (χ0n) is 6.99. The van der Waals surface area contributed by atoms with Gasteiger partial charge in [0.2, 0.25) is 0 Å². The van der Waals surface area contributed by atoms with Crippen molar-refractivity contribution in [3.8, 4) is 0 Å². The monoisotopic (exact) mass is 169 g/mol. The van der Waals surface area contributed by atoms with Crippen molar-refractivity contribution in [2.45, 2.75) is 31.2 Å². The third-order valence-corrected chi connectivity index (χ3v) is 2.57. The molecule has 0 saturated carbocycles.